The number of nitrogens with zero attached hydrogens (tertiary/aromatic N) is 9. The number of carbonyl (C=O) groups excluding carboxylic acids is 2. The molecule has 0 aromatic carbocycles. The summed E-state index contributed by atoms with van der Waals surface area (Å²) < 4.78 is 0. The van der Waals surface area contributed by atoms with Gasteiger partial charge in [-0.15, -0.1) is 10.2 Å². The van der Waals surface area contributed by atoms with Gasteiger partial charge in [-0.1, -0.05) is 0 Å². The lowest BCUT2D eigenvalue weighted by atomic mass is 10.3. The van der Waals surface area contributed by atoms with E-state index in [-0.39, 0.29) is 23.2 Å². The molecule has 4 aliphatic rings. The van der Waals surface area contributed by atoms with Gasteiger partial charge >= 0.3 is 11.8 Å². The van der Waals surface area contributed by atoms with Gasteiger partial charge in [-0.25, -0.2) is 20.0 Å². The van der Waals surface area contributed by atoms with Crippen molar-refractivity contribution < 1.29 is 9.59 Å². The summed E-state index contributed by atoms with van der Waals surface area (Å²) in [6, 6.07) is 0. The third-order valence-electron chi connectivity index (χ3n) is 2.19. The van der Waals surface area contributed by atoms with Crippen LogP contribution in [-0.2, 0) is 9.59 Å². The number of rotatable bonds is 0. The second kappa shape index (κ2) is 4.72. The predicted molar refractivity (Wildman–Crippen MR) is 70.1 cm³/mol. The fraction of sp³-hybridized carbons (Fsp3) is 0. The fourth-order valence-electron chi connectivity index (χ4n) is 1.33. The minimum Gasteiger partial charge on any atom is -0.265 e. The van der Waals surface area contributed by atoms with E-state index in [1.54, 1.807) is 0 Å². The van der Waals surface area contributed by atoms with Crippen LogP contribution in [0, 0.1) is 0 Å². The molecule has 0 radical (unpaired) electrons. The zero-order chi connectivity index (χ0) is 13.9. The number of amidine groups is 2. The Bertz CT molecular complexity index is 671. The van der Waals surface area contributed by atoms with Crippen molar-refractivity contribution in [2.75, 3.05) is 0 Å². The van der Waals surface area contributed by atoms with Crippen LogP contribution >= 0.6 is 0 Å². The molecule has 0 saturated heterocycles. The van der Waals surface area contributed by atoms with Gasteiger partial charge in [-0.3, -0.25) is 9.59 Å². The van der Waals surface area contributed by atoms with Crippen LogP contribution in [0.5, 0.6) is 0 Å². The lowest BCUT2D eigenvalue weighted by Crippen LogP contribution is -2.21. The summed E-state index contributed by atoms with van der Waals surface area (Å²) in [6.07, 6.45) is 3.61. The van der Waals surface area contributed by atoms with Crippen molar-refractivity contribution >= 4 is 53.9 Å². The van der Waals surface area contributed by atoms with Crippen LogP contribution in [0.15, 0.2) is 45.4 Å². The van der Waals surface area contributed by atoms with Gasteiger partial charge < -0.3 is 0 Å². The van der Waals surface area contributed by atoms with Gasteiger partial charge in [0.25, 0.3) is 0 Å². The Labute approximate surface area is 110 Å². The summed E-state index contributed by atoms with van der Waals surface area (Å²) in [5.41, 5.74) is 0.366. The Morgan fingerprint density at radius 2 is 1.35 bits per heavy atom. The van der Waals surface area contributed by atoms with E-state index in [9.17, 15) is 9.59 Å². The molecule has 4 aliphatic heterocycles. The standard InChI is InChI=1S/C5H2N4O.C4HN5O/c10-5-3-4(7-1-6-3)8-2-9-5;10-4-2-3(5-1-6-4)8-9-7-2/h1-2H;1H. The Balaban J connectivity index is 0.000000121. The molecule has 0 aromatic heterocycles. The second-order valence-corrected chi connectivity index (χ2v) is 3.37. The quantitative estimate of drug-likeness (QED) is 0.567. The van der Waals surface area contributed by atoms with Crippen LogP contribution < -0.4 is 0 Å². The molecule has 11 heteroatoms. The van der Waals surface area contributed by atoms with E-state index in [1.165, 1.54) is 12.7 Å². The predicted octanol–water partition coefficient (Wildman–Crippen LogP) is -0.788. The molecule has 0 bridgehead atoms. The molecule has 20 heavy (non-hydrogen) atoms. The number of carbonyl (C=O) groups is 2. The van der Waals surface area contributed by atoms with Crippen molar-refractivity contribution in [3.63, 3.8) is 0 Å². The number of hydrogen-bond donors (Lipinski definition) is 0. The summed E-state index contributed by atoms with van der Waals surface area (Å²) in [6.45, 7) is 0. The molecule has 0 saturated carbocycles. The monoisotopic (exact) mass is 269 g/mol. The summed E-state index contributed by atoms with van der Waals surface area (Å²) in [5, 5.41) is 10.1. The van der Waals surface area contributed by atoms with Gasteiger partial charge in [0.1, 0.15) is 19.0 Å². The van der Waals surface area contributed by atoms with Crippen LogP contribution in [0.25, 0.3) is 0 Å². The van der Waals surface area contributed by atoms with E-state index >= 15 is 0 Å². The third-order valence-corrected chi connectivity index (χ3v) is 2.19. The highest BCUT2D eigenvalue weighted by Crippen LogP contribution is 2.03. The summed E-state index contributed by atoms with van der Waals surface area (Å²) in [4.78, 5) is 43.1. The minimum absolute atomic E-state index is 0.127. The maximum atomic E-state index is 10.8. The molecular weight excluding hydrogens is 266 g/mol. The topological polar surface area (TPSA) is 145 Å². The SMILES string of the molecule is O=C1N=CN=C2N=CN=C12.O=C1N=CN=C2N=NN=C12. The number of hydrogen-bond acceptors (Lipinski definition) is 9. The Morgan fingerprint density at radius 3 is 2.05 bits per heavy atom. The van der Waals surface area contributed by atoms with Gasteiger partial charge in [-0.2, -0.15) is 9.98 Å². The maximum Gasteiger partial charge on any atom is 0.303 e. The first-order valence-corrected chi connectivity index (χ1v) is 5.15. The second-order valence-electron chi connectivity index (χ2n) is 3.37. The van der Waals surface area contributed by atoms with Crippen molar-refractivity contribution in [2.45, 2.75) is 0 Å². The van der Waals surface area contributed by atoms with Gasteiger partial charge in [-0.05, 0) is 5.22 Å². The highest BCUT2D eigenvalue weighted by atomic mass is 16.2. The zero-order valence-corrected chi connectivity index (χ0v) is 9.57. The number of fused-ring (bicyclic) bond motifs is 2. The van der Waals surface area contributed by atoms with Crippen molar-refractivity contribution in [3.8, 4) is 0 Å². The van der Waals surface area contributed by atoms with Crippen molar-refractivity contribution in [1.82, 2.24) is 0 Å². The average Bonchev–Trinajstić information content (AvgIpc) is 3.08. The lowest BCUT2D eigenvalue weighted by molar-refractivity contribution is -0.112. The highest BCUT2D eigenvalue weighted by Gasteiger charge is 2.23. The Kier molecular flexibility index (Phi) is 2.76. The van der Waals surface area contributed by atoms with E-state index in [1.807, 2.05) is 0 Å². The van der Waals surface area contributed by atoms with Gasteiger partial charge in [0.2, 0.25) is 11.5 Å². The van der Waals surface area contributed by atoms with E-state index in [4.69, 9.17) is 0 Å². The minimum atomic E-state index is -0.435. The van der Waals surface area contributed by atoms with Crippen molar-refractivity contribution in [2.24, 2.45) is 45.4 Å². The molecule has 0 fully saturated rings. The zero-order valence-electron chi connectivity index (χ0n) is 9.57. The molecule has 96 valence electrons. The molecule has 0 atom stereocenters. The molecule has 0 unspecified atom stereocenters. The first-order chi connectivity index (χ1) is 9.75. The van der Waals surface area contributed by atoms with Gasteiger partial charge in [0.05, 0.1) is 0 Å². The van der Waals surface area contributed by atoms with Crippen LogP contribution in [0.4, 0.5) is 0 Å². The Morgan fingerprint density at radius 1 is 0.700 bits per heavy atom. The molecular formula is C9H3N9O2. The normalized spacial score (nSPS) is 20.6. The van der Waals surface area contributed by atoms with Crippen LogP contribution in [-0.4, -0.2) is 53.9 Å². The largest absolute Gasteiger partial charge is 0.303 e. The molecule has 11 nitrogen and oxygen atoms in total. The molecule has 0 spiro atoms. The van der Waals surface area contributed by atoms with Gasteiger partial charge in [0, 0.05) is 0 Å². The number of amides is 2. The van der Waals surface area contributed by atoms with Crippen LogP contribution in [0.3, 0.4) is 0 Å². The molecule has 4 heterocycles. The van der Waals surface area contributed by atoms with E-state index in [0.29, 0.717) is 5.84 Å². The van der Waals surface area contributed by atoms with Crippen molar-refractivity contribution in [1.29, 1.82) is 0 Å². The molecule has 0 aliphatic carbocycles. The van der Waals surface area contributed by atoms with E-state index < -0.39 is 5.91 Å². The smallest absolute Gasteiger partial charge is 0.265 e. The lowest BCUT2D eigenvalue weighted by Gasteiger charge is -1.96. The first kappa shape index (κ1) is 11.7. The molecule has 4 rings (SSSR count). The molecule has 0 aromatic rings. The fourth-order valence-corrected chi connectivity index (χ4v) is 1.33. The van der Waals surface area contributed by atoms with E-state index in [0.717, 1.165) is 6.34 Å². The molecule has 2 amide bonds. The van der Waals surface area contributed by atoms with Crippen molar-refractivity contribution in [3.05, 3.63) is 0 Å². The van der Waals surface area contributed by atoms with Gasteiger partial charge in [0.15, 0.2) is 11.5 Å². The average molecular weight is 269 g/mol. The highest BCUT2D eigenvalue weighted by molar-refractivity contribution is 6.71. The third kappa shape index (κ3) is 2.03. The maximum absolute atomic E-state index is 10.8. The first-order valence-electron chi connectivity index (χ1n) is 5.15. The Hall–Kier alpha value is -3.37. The van der Waals surface area contributed by atoms with E-state index in [2.05, 4.69) is 45.4 Å². The summed E-state index contributed by atoms with van der Waals surface area (Å²) >= 11 is 0. The van der Waals surface area contributed by atoms with Crippen LogP contribution in [0.2, 0.25) is 0 Å². The summed E-state index contributed by atoms with van der Waals surface area (Å²) in [7, 11) is 0. The van der Waals surface area contributed by atoms with Crippen LogP contribution in [0.1, 0.15) is 0 Å². The molecule has 0 N–H and O–H groups in total. The summed E-state index contributed by atoms with van der Waals surface area (Å²) in [5.74, 6) is -0.197. The number of aliphatic imine (C=N–C) groups is 6.